The Morgan fingerprint density at radius 1 is 1.05 bits per heavy atom. The van der Waals surface area contributed by atoms with Crippen LogP contribution in [-0.4, -0.2) is 12.5 Å². The van der Waals surface area contributed by atoms with Crippen molar-refractivity contribution in [3.63, 3.8) is 0 Å². The Labute approximate surface area is 132 Å². The van der Waals surface area contributed by atoms with Gasteiger partial charge in [-0.3, -0.25) is 0 Å². The van der Waals surface area contributed by atoms with Crippen LogP contribution in [0.4, 0.5) is 4.39 Å². The van der Waals surface area contributed by atoms with Crippen molar-refractivity contribution in [1.29, 1.82) is 0 Å². The van der Waals surface area contributed by atoms with Gasteiger partial charge in [0.25, 0.3) is 0 Å². The van der Waals surface area contributed by atoms with Crippen LogP contribution < -0.4 is 4.74 Å². The zero-order valence-electron chi connectivity index (χ0n) is 12.8. The molecular weight excluding hydrogens is 287 g/mol. The van der Waals surface area contributed by atoms with Crippen molar-refractivity contribution in [2.45, 2.75) is 51.9 Å². The van der Waals surface area contributed by atoms with Crippen molar-refractivity contribution in [3.05, 3.63) is 29.6 Å². The predicted octanol–water partition coefficient (Wildman–Crippen LogP) is 5.55. The minimum absolute atomic E-state index is 0.241. The first-order chi connectivity index (χ1) is 10.3. The van der Waals surface area contributed by atoms with E-state index >= 15 is 0 Å². The zero-order valence-corrected chi connectivity index (χ0v) is 13.5. The first kappa shape index (κ1) is 17.9. The second kappa shape index (κ2) is 11.5. The van der Waals surface area contributed by atoms with Crippen LogP contribution in [0.5, 0.6) is 5.75 Å². The summed E-state index contributed by atoms with van der Waals surface area (Å²) in [5, 5.41) is 0. The summed E-state index contributed by atoms with van der Waals surface area (Å²) in [5.74, 6) is 5.97. The summed E-state index contributed by atoms with van der Waals surface area (Å²) in [5.41, 5.74) is 0.602. The van der Waals surface area contributed by atoms with Crippen molar-refractivity contribution in [1.82, 2.24) is 0 Å². The Morgan fingerprint density at radius 2 is 1.76 bits per heavy atom. The van der Waals surface area contributed by atoms with Gasteiger partial charge in [-0.1, -0.05) is 57.3 Å². The Balaban J connectivity index is 2.27. The molecule has 0 fully saturated rings. The first-order valence-electron chi connectivity index (χ1n) is 7.74. The molecule has 1 aromatic rings. The molecule has 0 saturated carbocycles. The number of rotatable bonds is 9. The molecule has 1 aromatic carbocycles. The van der Waals surface area contributed by atoms with Crippen molar-refractivity contribution in [2.24, 2.45) is 0 Å². The number of unbranched alkanes of at least 4 members (excludes halogenated alkanes) is 6. The van der Waals surface area contributed by atoms with Gasteiger partial charge in [-0.25, -0.2) is 4.39 Å². The maximum atomic E-state index is 13.4. The Kier molecular flexibility index (Phi) is 9.74. The monoisotopic (exact) mass is 310 g/mol. The molecule has 116 valence electrons. The van der Waals surface area contributed by atoms with E-state index in [0.29, 0.717) is 17.9 Å². The molecule has 1 nitrogen and oxygen atoms in total. The number of alkyl halides is 1. The summed E-state index contributed by atoms with van der Waals surface area (Å²) in [7, 11) is 0. The number of halogens is 2. The summed E-state index contributed by atoms with van der Waals surface area (Å²) in [6, 6.07) is 4.54. The molecule has 0 aliphatic heterocycles. The quantitative estimate of drug-likeness (QED) is 0.330. The van der Waals surface area contributed by atoms with Crippen molar-refractivity contribution < 1.29 is 9.13 Å². The molecule has 0 heterocycles. The lowest BCUT2D eigenvalue weighted by Crippen LogP contribution is -1.98. The fourth-order valence-electron chi connectivity index (χ4n) is 2.10. The highest BCUT2D eigenvalue weighted by Crippen LogP contribution is 2.16. The molecule has 21 heavy (non-hydrogen) atoms. The summed E-state index contributed by atoms with van der Waals surface area (Å²) < 4.78 is 19.0. The fourth-order valence-corrected chi connectivity index (χ4v) is 2.17. The molecule has 0 atom stereocenters. The van der Waals surface area contributed by atoms with Gasteiger partial charge in [-0.05, 0) is 18.6 Å². The second-order valence-corrected chi connectivity index (χ2v) is 5.35. The molecule has 1 rings (SSSR count). The van der Waals surface area contributed by atoms with E-state index < -0.39 is 0 Å². The Hall–Kier alpha value is -1.20. The molecule has 0 N–H and O–H groups in total. The molecule has 0 aliphatic rings. The van der Waals surface area contributed by atoms with Gasteiger partial charge in [0.05, 0.1) is 12.5 Å². The zero-order chi connectivity index (χ0) is 15.3. The van der Waals surface area contributed by atoms with Crippen molar-refractivity contribution in [3.8, 4) is 17.6 Å². The smallest absolute Gasteiger partial charge is 0.128 e. The lowest BCUT2D eigenvalue weighted by molar-refractivity contribution is 0.303. The molecule has 0 aromatic heterocycles. The van der Waals surface area contributed by atoms with Crippen LogP contribution in [-0.2, 0) is 0 Å². The summed E-state index contributed by atoms with van der Waals surface area (Å²) in [6.45, 7) is 2.85. The molecule has 0 saturated heterocycles. The van der Waals surface area contributed by atoms with Crippen LogP contribution in [0.2, 0.25) is 0 Å². The number of hydrogen-bond donors (Lipinski definition) is 0. The fraction of sp³-hybridized carbons (Fsp3) is 0.556. The van der Waals surface area contributed by atoms with Gasteiger partial charge >= 0.3 is 0 Å². The maximum Gasteiger partial charge on any atom is 0.128 e. The molecule has 0 amide bonds. The molecule has 3 heteroatoms. The van der Waals surface area contributed by atoms with E-state index in [4.69, 9.17) is 16.3 Å². The summed E-state index contributed by atoms with van der Waals surface area (Å²) in [4.78, 5) is 0. The Bertz CT molecular complexity index is 462. The average Bonchev–Trinajstić information content (AvgIpc) is 2.47. The molecule has 0 spiro atoms. The van der Waals surface area contributed by atoms with Crippen LogP contribution >= 0.6 is 11.6 Å². The molecule has 0 aliphatic carbocycles. The van der Waals surface area contributed by atoms with Gasteiger partial charge in [-0.2, -0.15) is 0 Å². The lowest BCUT2D eigenvalue weighted by atomic mass is 10.1. The standard InChI is InChI=1S/C18H24ClFO/c1-2-3-4-5-6-7-8-12-21-18-14-16(10-9-11-19)13-17(20)15-18/h13-15H,2-8,11-12H2,1H3. The van der Waals surface area contributed by atoms with Gasteiger partial charge < -0.3 is 4.74 Å². The van der Waals surface area contributed by atoms with Gasteiger partial charge in [0.1, 0.15) is 11.6 Å². The number of benzene rings is 1. The SMILES string of the molecule is CCCCCCCCCOc1cc(F)cc(C#CCCl)c1. The second-order valence-electron chi connectivity index (χ2n) is 5.08. The molecule has 0 radical (unpaired) electrons. The average molecular weight is 311 g/mol. The normalized spacial score (nSPS) is 10.0. The van der Waals surface area contributed by atoms with E-state index in [1.807, 2.05) is 0 Å². The third-order valence-electron chi connectivity index (χ3n) is 3.19. The molecule has 0 unspecified atom stereocenters. The van der Waals surface area contributed by atoms with Crippen LogP contribution in [0, 0.1) is 17.7 Å². The highest BCUT2D eigenvalue weighted by atomic mass is 35.5. The number of hydrogen-bond acceptors (Lipinski definition) is 1. The van der Waals surface area contributed by atoms with Crippen LogP contribution in [0.3, 0.4) is 0 Å². The van der Waals surface area contributed by atoms with E-state index in [1.165, 1.54) is 44.2 Å². The van der Waals surface area contributed by atoms with E-state index in [1.54, 1.807) is 6.07 Å². The molecular formula is C18H24ClFO. The highest BCUT2D eigenvalue weighted by molar-refractivity contribution is 6.19. The van der Waals surface area contributed by atoms with Crippen LogP contribution in [0.15, 0.2) is 18.2 Å². The Morgan fingerprint density at radius 3 is 2.48 bits per heavy atom. The predicted molar refractivity (Wildman–Crippen MR) is 87.5 cm³/mol. The minimum atomic E-state index is -0.328. The first-order valence-corrected chi connectivity index (χ1v) is 8.28. The van der Waals surface area contributed by atoms with Gasteiger partial charge in [0, 0.05) is 11.6 Å². The molecule has 0 bridgehead atoms. The highest BCUT2D eigenvalue weighted by Gasteiger charge is 2.00. The van der Waals surface area contributed by atoms with Gasteiger partial charge in [0.2, 0.25) is 0 Å². The van der Waals surface area contributed by atoms with Crippen molar-refractivity contribution >= 4 is 11.6 Å². The van der Waals surface area contributed by atoms with E-state index in [-0.39, 0.29) is 11.7 Å². The maximum absolute atomic E-state index is 13.4. The van der Waals surface area contributed by atoms with Gasteiger partial charge in [0.15, 0.2) is 0 Å². The van der Waals surface area contributed by atoms with E-state index in [9.17, 15) is 4.39 Å². The number of ether oxygens (including phenoxy) is 1. The van der Waals surface area contributed by atoms with Crippen LogP contribution in [0.1, 0.15) is 57.4 Å². The van der Waals surface area contributed by atoms with Gasteiger partial charge in [-0.15, -0.1) is 11.6 Å². The third kappa shape index (κ3) is 8.63. The lowest BCUT2D eigenvalue weighted by Gasteiger charge is -2.07. The third-order valence-corrected chi connectivity index (χ3v) is 3.32. The van der Waals surface area contributed by atoms with E-state index in [0.717, 1.165) is 12.8 Å². The summed E-state index contributed by atoms with van der Waals surface area (Å²) >= 11 is 5.50. The van der Waals surface area contributed by atoms with Crippen molar-refractivity contribution in [2.75, 3.05) is 12.5 Å². The topological polar surface area (TPSA) is 9.23 Å². The van der Waals surface area contributed by atoms with E-state index in [2.05, 4.69) is 18.8 Å². The summed E-state index contributed by atoms with van der Waals surface area (Å²) in [6.07, 6.45) is 8.64. The van der Waals surface area contributed by atoms with Crippen LogP contribution in [0.25, 0.3) is 0 Å². The minimum Gasteiger partial charge on any atom is -0.493 e. The largest absolute Gasteiger partial charge is 0.493 e.